The maximum absolute atomic E-state index is 12.1. The van der Waals surface area contributed by atoms with Gasteiger partial charge in [-0.1, -0.05) is 20.8 Å². The zero-order valence-electron chi connectivity index (χ0n) is 15.1. The molecule has 4 nitrogen and oxygen atoms in total. The van der Waals surface area contributed by atoms with Crippen molar-refractivity contribution in [2.45, 2.75) is 53.0 Å². The van der Waals surface area contributed by atoms with Crippen LogP contribution in [0.3, 0.4) is 0 Å². The lowest BCUT2D eigenvalue weighted by atomic mass is 9.94. The molecule has 0 spiro atoms. The molecule has 2 heterocycles. The molecule has 0 aliphatic carbocycles. The molecule has 0 aromatic rings. The number of likely N-dealkylation sites (tertiary alicyclic amines) is 1. The number of carbonyl (C=O) groups excluding carboxylic acids is 1. The second-order valence-electron chi connectivity index (χ2n) is 7.57. The molecule has 2 fully saturated rings. The molecule has 0 N–H and O–H groups in total. The van der Waals surface area contributed by atoms with Crippen molar-refractivity contribution in [1.82, 2.24) is 14.7 Å². The zero-order chi connectivity index (χ0) is 16.1. The molecule has 2 aliphatic heterocycles. The zero-order valence-corrected chi connectivity index (χ0v) is 15.1. The molecule has 0 bridgehead atoms. The minimum absolute atomic E-state index is 0.142. The van der Waals surface area contributed by atoms with Gasteiger partial charge in [0.1, 0.15) is 0 Å². The van der Waals surface area contributed by atoms with E-state index >= 15 is 0 Å². The average Bonchev–Trinajstić information content (AvgIpc) is 2.50. The molecule has 2 aliphatic rings. The molecule has 0 aromatic carbocycles. The van der Waals surface area contributed by atoms with E-state index in [9.17, 15) is 4.79 Å². The van der Waals surface area contributed by atoms with E-state index in [-0.39, 0.29) is 5.92 Å². The monoisotopic (exact) mass is 309 g/mol. The minimum Gasteiger partial charge on any atom is -0.342 e. The van der Waals surface area contributed by atoms with E-state index in [1.165, 1.54) is 52.0 Å². The van der Waals surface area contributed by atoms with Crippen molar-refractivity contribution in [3.8, 4) is 0 Å². The summed E-state index contributed by atoms with van der Waals surface area (Å²) in [7, 11) is 0. The highest BCUT2D eigenvalue weighted by Crippen LogP contribution is 2.22. The Morgan fingerprint density at radius 2 is 1.82 bits per heavy atom. The fourth-order valence-electron chi connectivity index (χ4n) is 3.89. The molecule has 0 aromatic heterocycles. The molecule has 128 valence electrons. The van der Waals surface area contributed by atoms with E-state index < -0.39 is 0 Å². The lowest BCUT2D eigenvalue weighted by Gasteiger charge is -2.42. The van der Waals surface area contributed by atoms with Gasteiger partial charge in [-0.05, 0) is 38.6 Å². The molecular weight excluding hydrogens is 274 g/mol. The molecule has 2 rings (SSSR count). The summed E-state index contributed by atoms with van der Waals surface area (Å²) >= 11 is 0. The number of carbonyl (C=O) groups is 1. The van der Waals surface area contributed by atoms with Gasteiger partial charge < -0.3 is 9.80 Å². The SMILES string of the molecule is CCCN1CCN(CC2CCN(C(=O)C(C)C)CC2)C(C)C1. The topological polar surface area (TPSA) is 26.8 Å². The summed E-state index contributed by atoms with van der Waals surface area (Å²) in [6, 6.07) is 0.677. The molecule has 0 saturated carbocycles. The predicted molar refractivity (Wildman–Crippen MR) is 91.9 cm³/mol. The summed E-state index contributed by atoms with van der Waals surface area (Å²) in [6.07, 6.45) is 3.62. The Hall–Kier alpha value is -0.610. The molecular formula is C18H35N3O. The van der Waals surface area contributed by atoms with Crippen molar-refractivity contribution in [3.63, 3.8) is 0 Å². The van der Waals surface area contributed by atoms with Crippen LogP contribution >= 0.6 is 0 Å². The van der Waals surface area contributed by atoms with E-state index in [4.69, 9.17) is 0 Å². The number of piperazine rings is 1. The van der Waals surface area contributed by atoms with Crippen LogP contribution < -0.4 is 0 Å². The number of piperidine rings is 1. The summed E-state index contributed by atoms with van der Waals surface area (Å²) in [5.74, 6) is 1.25. The van der Waals surface area contributed by atoms with Gasteiger partial charge in [0.25, 0.3) is 0 Å². The van der Waals surface area contributed by atoms with Gasteiger partial charge in [0.15, 0.2) is 0 Å². The first kappa shape index (κ1) is 17.7. The summed E-state index contributed by atoms with van der Waals surface area (Å²) in [5, 5.41) is 0. The van der Waals surface area contributed by atoms with Gasteiger partial charge in [-0.15, -0.1) is 0 Å². The van der Waals surface area contributed by atoms with E-state index in [2.05, 4.69) is 28.5 Å². The van der Waals surface area contributed by atoms with Gasteiger partial charge >= 0.3 is 0 Å². The number of nitrogens with zero attached hydrogens (tertiary/aromatic N) is 3. The van der Waals surface area contributed by atoms with Crippen LogP contribution in [0.4, 0.5) is 0 Å². The first-order valence-corrected chi connectivity index (χ1v) is 9.26. The van der Waals surface area contributed by atoms with E-state index in [1.54, 1.807) is 0 Å². The standard InChI is InChI=1S/C18H35N3O/c1-5-8-19-11-12-21(16(4)13-19)14-17-6-9-20(10-7-17)18(22)15(2)3/h15-17H,5-14H2,1-4H3. The van der Waals surface area contributed by atoms with Gasteiger partial charge in [-0.25, -0.2) is 0 Å². The van der Waals surface area contributed by atoms with Crippen molar-refractivity contribution < 1.29 is 4.79 Å². The maximum Gasteiger partial charge on any atom is 0.225 e. The fraction of sp³-hybridized carbons (Fsp3) is 0.944. The molecule has 0 radical (unpaired) electrons. The third-order valence-electron chi connectivity index (χ3n) is 5.30. The maximum atomic E-state index is 12.1. The second kappa shape index (κ2) is 8.30. The Bertz CT molecular complexity index is 350. The van der Waals surface area contributed by atoms with Crippen LogP contribution in [0.5, 0.6) is 0 Å². The predicted octanol–water partition coefficient (Wildman–Crippen LogP) is 2.30. The smallest absolute Gasteiger partial charge is 0.225 e. The molecule has 4 heteroatoms. The van der Waals surface area contributed by atoms with Gasteiger partial charge in [0, 0.05) is 51.2 Å². The summed E-state index contributed by atoms with van der Waals surface area (Å²) in [4.78, 5) is 19.4. The average molecular weight is 309 g/mol. The van der Waals surface area contributed by atoms with Crippen LogP contribution in [0.25, 0.3) is 0 Å². The lowest BCUT2D eigenvalue weighted by molar-refractivity contribution is -0.136. The Morgan fingerprint density at radius 3 is 2.36 bits per heavy atom. The van der Waals surface area contributed by atoms with Crippen LogP contribution in [-0.2, 0) is 4.79 Å². The molecule has 1 unspecified atom stereocenters. The van der Waals surface area contributed by atoms with Crippen molar-refractivity contribution in [3.05, 3.63) is 0 Å². The first-order valence-electron chi connectivity index (χ1n) is 9.26. The quantitative estimate of drug-likeness (QED) is 0.780. The van der Waals surface area contributed by atoms with E-state index in [0.717, 1.165) is 19.0 Å². The lowest BCUT2D eigenvalue weighted by Crippen LogP contribution is -2.53. The number of rotatable bonds is 5. The first-order chi connectivity index (χ1) is 10.5. The van der Waals surface area contributed by atoms with Crippen molar-refractivity contribution in [1.29, 1.82) is 0 Å². The fourth-order valence-corrected chi connectivity index (χ4v) is 3.89. The second-order valence-corrected chi connectivity index (χ2v) is 7.57. The Morgan fingerprint density at radius 1 is 1.14 bits per heavy atom. The van der Waals surface area contributed by atoms with E-state index in [1.807, 2.05) is 13.8 Å². The van der Waals surface area contributed by atoms with Crippen molar-refractivity contribution in [2.75, 3.05) is 45.8 Å². The summed E-state index contributed by atoms with van der Waals surface area (Å²) in [6.45, 7) is 16.7. The van der Waals surface area contributed by atoms with Crippen LogP contribution in [0.2, 0.25) is 0 Å². The number of amides is 1. The third-order valence-corrected chi connectivity index (χ3v) is 5.30. The highest BCUT2D eigenvalue weighted by Gasteiger charge is 2.28. The minimum atomic E-state index is 0.142. The Kier molecular flexibility index (Phi) is 6.69. The number of hydrogen-bond acceptors (Lipinski definition) is 3. The van der Waals surface area contributed by atoms with Crippen LogP contribution in [-0.4, -0.2) is 72.5 Å². The third kappa shape index (κ3) is 4.69. The summed E-state index contributed by atoms with van der Waals surface area (Å²) < 4.78 is 0. The van der Waals surface area contributed by atoms with Crippen LogP contribution in [0.15, 0.2) is 0 Å². The molecule has 22 heavy (non-hydrogen) atoms. The summed E-state index contributed by atoms with van der Waals surface area (Å²) in [5.41, 5.74) is 0. The van der Waals surface area contributed by atoms with Gasteiger partial charge in [-0.3, -0.25) is 9.69 Å². The van der Waals surface area contributed by atoms with Crippen molar-refractivity contribution >= 4 is 5.91 Å². The van der Waals surface area contributed by atoms with Gasteiger partial charge in [0.05, 0.1) is 0 Å². The number of hydrogen-bond donors (Lipinski definition) is 0. The van der Waals surface area contributed by atoms with Crippen LogP contribution in [0.1, 0.15) is 47.0 Å². The van der Waals surface area contributed by atoms with Crippen molar-refractivity contribution in [2.24, 2.45) is 11.8 Å². The molecule has 1 atom stereocenters. The Labute approximate surface area is 136 Å². The van der Waals surface area contributed by atoms with Crippen LogP contribution in [0, 0.1) is 11.8 Å². The molecule has 2 saturated heterocycles. The largest absolute Gasteiger partial charge is 0.342 e. The Balaban J connectivity index is 1.73. The van der Waals surface area contributed by atoms with Gasteiger partial charge in [-0.2, -0.15) is 0 Å². The van der Waals surface area contributed by atoms with E-state index in [0.29, 0.717) is 11.9 Å². The normalized spacial score (nSPS) is 25.9. The highest BCUT2D eigenvalue weighted by atomic mass is 16.2. The molecule has 1 amide bonds. The van der Waals surface area contributed by atoms with Gasteiger partial charge in [0.2, 0.25) is 5.91 Å². The highest BCUT2D eigenvalue weighted by molar-refractivity contribution is 5.78.